The van der Waals surface area contributed by atoms with E-state index in [-0.39, 0.29) is 30.6 Å². The maximum atomic E-state index is 13.2. The molecule has 0 atom stereocenters. The Morgan fingerprint density at radius 2 is 1.68 bits per heavy atom. The monoisotopic (exact) mass is 497 g/mol. The van der Waals surface area contributed by atoms with Crippen LogP contribution in [0.25, 0.3) is 10.9 Å². The topological polar surface area (TPSA) is 59.2 Å². The van der Waals surface area contributed by atoms with Gasteiger partial charge in [-0.2, -0.15) is 0 Å². The number of pyridine rings is 1. The van der Waals surface area contributed by atoms with Gasteiger partial charge in [-0.05, 0) is 74.7 Å². The number of aryl methyl sites for hydroxylation is 1. The summed E-state index contributed by atoms with van der Waals surface area (Å²) in [6.07, 6.45) is 8.36. The van der Waals surface area contributed by atoms with Crippen LogP contribution in [0.4, 0.5) is 5.69 Å². The van der Waals surface area contributed by atoms with E-state index in [4.69, 9.17) is 10.7 Å². The standard InChI is InChI=1S/C28H31N3O.2ClH/c29-27-23-11-4-5-12-24(23)30-25-14-13-22(28(32)26(25)27)10-6-9-20-15-17-31(18-16-20)19-21-7-2-1-3-8-21;;/h1-5,7-8,10-12,20H,6,9,13-19H2,(H2,29,30);2*1H. The van der Waals surface area contributed by atoms with Gasteiger partial charge in [-0.15, -0.1) is 24.8 Å². The molecule has 6 heteroatoms. The fourth-order valence-electron chi connectivity index (χ4n) is 5.21. The van der Waals surface area contributed by atoms with Gasteiger partial charge in [0.05, 0.1) is 22.5 Å². The number of hydrogen-bond donors (Lipinski definition) is 1. The summed E-state index contributed by atoms with van der Waals surface area (Å²) < 4.78 is 0. The van der Waals surface area contributed by atoms with Gasteiger partial charge in [-0.25, -0.2) is 0 Å². The van der Waals surface area contributed by atoms with Gasteiger partial charge in [-0.3, -0.25) is 14.7 Å². The number of nitrogen functional groups attached to an aromatic ring is 1. The van der Waals surface area contributed by atoms with Crippen LogP contribution < -0.4 is 5.73 Å². The number of allylic oxidation sites excluding steroid dienone is 2. The van der Waals surface area contributed by atoms with Crippen LogP contribution in [0.1, 0.15) is 53.7 Å². The lowest BCUT2D eigenvalue weighted by Crippen LogP contribution is -2.33. The Morgan fingerprint density at radius 3 is 2.44 bits per heavy atom. The second-order valence-electron chi connectivity index (χ2n) is 9.21. The van der Waals surface area contributed by atoms with Crippen molar-refractivity contribution in [1.29, 1.82) is 0 Å². The van der Waals surface area contributed by atoms with E-state index in [1.54, 1.807) is 0 Å². The second-order valence-corrected chi connectivity index (χ2v) is 9.21. The van der Waals surface area contributed by atoms with Crippen LogP contribution in [0.2, 0.25) is 0 Å². The van der Waals surface area contributed by atoms with Gasteiger partial charge in [-0.1, -0.05) is 54.6 Å². The molecular weight excluding hydrogens is 465 g/mol. The first kappa shape index (κ1) is 26.2. The van der Waals surface area contributed by atoms with Crippen molar-refractivity contribution in [3.05, 3.63) is 83.1 Å². The van der Waals surface area contributed by atoms with E-state index in [0.717, 1.165) is 73.4 Å². The Morgan fingerprint density at radius 1 is 0.971 bits per heavy atom. The Bertz CT molecular complexity index is 1160. The predicted molar refractivity (Wildman–Crippen MR) is 145 cm³/mol. The quantitative estimate of drug-likeness (QED) is 0.413. The van der Waals surface area contributed by atoms with Crippen molar-refractivity contribution in [2.75, 3.05) is 18.8 Å². The number of anilines is 1. The average molecular weight is 498 g/mol. The maximum Gasteiger partial charge on any atom is 0.192 e. The molecular formula is C28H33Cl2N3O. The zero-order valence-corrected chi connectivity index (χ0v) is 21.0. The first-order valence-electron chi connectivity index (χ1n) is 11.9. The van der Waals surface area contributed by atoms with E-state index < -0.39 is 0 Å². The normalized spacial score (nSPS) is 17.8. The van der Waals surface area contributed by atoms with Crippen molar-refractivity contribution in [3.8, 4) is 0 Å². The Kier molecular flexibility index (Phi) is 9.12. The van der Waals surface area contributed by atoms with E-state index in [1.807, 2.05) is 24.3 Å². The van der Waals surface area contributed by atoms with Gasteiger partial charge in [0.15, 0.2) is 5.78 Å². The lowest BCUT2D eigenvalue weighted by molar-refractivity contribution is 0.102. The minimum Gasteiger partial charge on any atom is -0.398 e. The summed E-state index contributed by atoms with van der Waals surface area (Å²) in [7, 11) is 0. The Labute approximate surface area is 214 Å². The highest BCUT2D eigenvalue weighted by Crippen LogP contribution is 2.33. The summed E-state index contributed by atoms with van der Waals surface area (Å²) in [5.74, 6) is 0.834. The summed E-state index contributed by atoms with van der Waals surface area (Å²) in [4.78, 5) is 20.5. The first-order chi connectivity index (χ1) is 15.7. The summed E-state index contributed by atoms with van der Waals surface area (Å²) in [6, 6.07) is 18.6. The molecule has 0 radical (unpaired) electrons. The van der Waals surface area contributed by atoms with Crippen molar-refractivity contribution >= 4 is 47.2 Å². The number of piperidine rings is 1. The fourth-order valence-corrected chi connectivity index (χ4v) is 5.21. The molecule has 0 saturated carbocycles. The first-order valence-corrected chi connectivity index (χ1v) is 11.9. The molecule has 2 aromatic carbocycles. The maximum absolute atomic E-state index is 13.2. The van der Waals surface area contributed by atoms with Gasteiger partial charge in [0.25, 0.3) is 0 Å². The van der Waals surface area contributed by atoms with E-state index in [9.17, 15) is 4.79 Å². The number of likely N-dealkylation sites (tertiary alicyclic amines) is 1. The molecule has 1 fully saturated rings. The molecule has 34 heavy (non-hydrogen) atoms. The molecule has 1 saturated heterocycles. The molecule has 2 aliphatic rings. The fraction of sp³-hybridized carbons (Fsp3) is 0.357. The van der Waals surface area contributed by atoms with Gasteiger partial charge in [0, 0.05) is 11.9 Å². The summed E-state index contributed by atoms with van der Waals surface area (Å²) in [6.45, 7) is 3.38. The van der Waals surface area contributed by atoms with Crippen LogP contribution >= 0.6 is 24.8 Å². The molecule has 1 aromatic heterocycles. The smallest absolute Gasteiger partial charge is 0.192 e. The molecule has 4 nitrogen and oxygen atoms in total. The Balaban J connectivity index is 0.00000162. The number of nitrogens with zero attached hydrogens (tertiary/aromatic N) is 2. The third-order valence-corrected chi connectivity index (χ3v) is 7.08. The summed E-state index contributed by atoms with van der Waals surface area (Å²) >= 11 is 0. The predicted octanol–water partition coefficient (Wildman–Crippen LogP) is 6.41. The van der Waals surface area contributed by atoms with Crippen molar-refractivity contribution in [3.63, 3.8) is 0 Å². The van der Waals surface area contributed by atoms with Crippen LogP contribution in [-0.2, 0) is 13.0 Å². The number of Topliss-reactive ketones (excluding diaryl/α,β-unsaturated/α-hetero) is 1. The zero-order chi connectivity index (χ0) is 21.9. The van der Waals surface area contributed by atoms with Crippen molar-refractivity contribution in [2.45, 2.75) is 45.1 Å². The molecule has 180 valence electrons. The van der Waals surface area contributed by atoms with Gasteiger partial charge >= 0.3 is 0 Å². The minimum absolute atomic E-state index is 0. The van der Waals surface area contributed by atoms with Crippen LogP contribution in [-0.4, -0.2) is 28.8 Å². The van der Waals surface area contributed by atoms with Gasteiger partial charge in [0.2, 0.25) is 0 Å². The number of aromatic nitrogens is 1. The molecule has 1 aliphatic heterocycles. The van der Waals surface area contributed by atoms with Crippen LogP contribution in [0.5, 0.6) is 0 Å². The lowest BCUT2D eigenvalue weighted by atomic mass is 9.86. The molecule has 0 amide bonds. The molecule has 5 rings (SSSR count). The number of halogens is 2. The molecule has 0 unspecified atom stereocenters. The molecule has 3 aromatic rings. The van der Waals surface area contributed by atoms with E-state index in [1.165, 1.54) is 18.4 Å². The highest BCUT2D eigenvalue weighted by atomic mass is 35.5. The Hall–Kier alpha value is -2.40. The van der Waals surface area contributed by atoms with Crippen LogP contribution in [0.3, 0.4) is 0 Å². The molecule has 0 spiro atoms. The number of rotatable bonds is 5. The van der Waals surface area contributed by atoms with E-state index >= 15 is 0 Å². The zero-order valence-electron chi connectivity index (χ0n) is 19.4. The van der Waals surface area contributed by atoms with Crippen molar-refractivity contribution in [2.24, 2.45) is 5.92 Å². The number of benzene rings is 2. The van der Waals surface area contributed by atoms with Gasteiger partial charge < -0.3 is 5.73 Å². The molecule has 2 heterocycles. The summed E-state index contributed by atoms with van der Waals surface area (Å²) in [5, 5.41) is 0.878. The molecule has 1 aliphatic carbocycles. The summed E-state index contributed by atoms with van der Waals surface area (Å²) in [5.41, 5.74) is 11.7. The number of hydrogen-bond acceptors (Lipinski definition) is 4. The van der Waals surface area contributed by atoms with E-state index in [2.05, 4.69) is 41.3 Å². The highest BCUT2D eigenvalue weighted by molar-refractivity contribution is 6.16. The highest BCUT2D eigenvalue weighted by Gasteiger charge is 2.27. The number of nitrogens with two attached hydrogens (primary N) is 1. The number of fused-ring (bicyclic) bond motifs is 2. The lowest BCUT2D eigenvalue weighted by Gasteiger charge is -2.32. The van der Waals surface area contributed by atoms with Crippen molar-refractivity contribution < 1.29 is 4.79 Å². The number of carbonyl (C=O) groups is 1. The number of carbonyl (C=O) groups excluding carboxylic acids is 1. The number of ketones is 1. The third kappa shape index (κ3) is 5.63. The largest absolute Gasteiger partial charge is 0.398 e. The average Bonchev–Trinajstić information content (AvgIpc) is 2.82. The molecule has 2 N–H and O–H groups in total. The minimum atomic E-state index is 0. The van der Waals surface area contributed by atoms with Crippen LogP contribution in [0, 0.1) is 5.92 Å². The SMILES string of the molecule is Cl.Cl.Nc1c2c(nc3ccccc13)CCC(=CCCC1CCN(Cc3ccccc3)CC1)C2=O. The third-order valence-electron chi connectivity index (χ3n) is 7.08. The number of para-hydroxylation sites is 1. The van der Waals surface area contributed by atoms with Crippen LogP contribution in [0.15, 0.2) is 66.2 Å². The second kappa shape index (κ2) is 11.8. The van der Waals surface area contributed by atoms with Gasteiger partial charge in [0.1, 0.15) is 0 Å². The van der Waals surface area contributed by atoms with E-state index in [0.29, 0.717) is 11.3 Å². The molecule has 0 bridgehead atoms. The van der Waals surface area contributed by atoms with Crippen molar-refractivity contribution in [1.82, 2.24) is 9.88 Å².